The first-order valence-electron chi connectivity index (χ1n) is 10.3. The van der Waals surface area contributed by atoms with Gasteiger partial charge in [0.05, 0.1) is 6.04 Å². The fraction of sp³-hybridized carbons (Fsp3) is 0.167. The van der Waals surface area contributed by atoms with Gasteiger partial charge >= 0.3 is 0 Å². The number of aryl methyl sites for hydroxylation is 1. The third kappa shape index (κ3) is 3.39. The fourth-order valence-corrected chi connectivity index (χ4v) is 4.13. The number of hydrogen-bond donors (Lipinski definition) is 0. The number of nitrogens with zero attached hydrogens (tertiary/aromatic N) is 5. The molecule has 8 heteroatoms. The number of carbonyl (C=O) groups is 1. The third-order valence-electron chi connectivity index (χ3n) is 5.67. The van der Waals surface area contributed by atoms with Gasteiger partial charge in [0, 0.05) is 36.4 Å². The van der Waals surface area contributed by atoms with E-state index in [1.165, 1.54) is 16.8 Å². The minimum Gasteiger partial charge on any atom is -0.304 e. The molecule has 1 atom stereocenters. The molecule has 1 aliphatic heterocycles. The lowest BCUT2D eigenvalue weighted by Crippen LogP contribution is -2.43. The van der Waals surface area contributed by atoms with Crippen molar-refractivity contribution in [3.63, 3.8) is 0 Å². The maximum Gasteiger partial charge on any atom is 0.282 e. The van der Waals surface area contributed by atoms with E-state index in [1.807, 2.05) is 41.2 Å². The predicted octanol–water partition coefficient (Wildman–Crippen LogP) is 3.32. The number of hydrogen-bond acceptors (Lipinski definition) is 4. The van der Waals surface area contributed by atoms with Crippen LogP contribution >= 0.6 is 0 Å². The molecule has 3 heterocycles. The van der Waals surface area contributed by atoms with Gasteiger partial charge in [-0.25, -0.2) is 9.07 Å². The highest BCUT2D eigenvalue weighted by Gasteiger charge is 2.32. The van der Waals surface area contributed by atoms with Gasteiger partial charge in [-0.15, -0.1) is 0 Å². The molecule has 160 valence electrons. The number of aromatic nitrogens is 4. The molecule has 0 saturated carbocycles. The zero-order chi connectivity index (χ0) is 22.2. The van der Waals surface area contributed by atoms with Gasteiger partial charge in [-0.1, -0.05) is 30.3 Å². The Labute approximate surface area is 183 Å². The van der Waals surface area contributed by atoms with Crippen molar-refractivity contribution in [2.75, 3.05) is 11.4 Å². The highest BCUT2D eigenvalue weighted by Crippen LogP contribution is 2.32. The minimum atomic E-state index is -0.524. The van der Waals surface area contributed by atoms with Crippen molar-refractivity contribution in [1.82, 2.24) is 19.6 Å². The van der Waals surface area contributed by atoms with Crippen molar-refractivity contribution in [3.05, 3.63) is 106 Å². The number of para-hydroxylation sites is 2. The SMILES string of the molecule is Cc1cc(=O)c(C(=O)N2CC(n3cccn3)Cc3ccccc32)nn1-c1ccccc1F. The van der Waals surface area contributed by atoms with Crippen molar-refractivity contribution in [3.8, 4) is 5.69 Å². The molecule has 2 aromatic heterocycles. The van der Waals surface area contributed by atoms with Gasteiger partial charge in [0.2, 0.25) is 5.43 Å². The smallest absolute Gasteiger partial charge is 0.282 e. The van der Waals surface area contributed by atoms with E-state index in [4.69, 9.17) is 0 Å². The Bertz CT molecular complexity index is 1360. The van der Waals surface area contributed by atoms with Crippen LogP contribution in [0.15, 0.2) is 77.9 Å². The topological polar surface area (TPSA) is 73.0 Å². The summed E-state index contributed by atoms with van der Waals surface area (Å²) in [5, 5.41) is 8.62. The molecule has 5 rings (SSSR count). The lowest BCUT2D eigenvalue weighted by atomic mass is 9.97. The largest absolute Gasteiger partial charge is 0.304 e. The lowest BCUT2D eigenvalue weighted by Gasteiger charge is -2.34. The molecular weight excluding hydrogens is 409 g/mol. The van der Waals surface area contributed by atoms with Crippen LogP contribution < -0.4 is 10.3 Å². The number of halogens is 1. The van der Waals surface area contributed by atoms with Crippen LogP contribution in [0, 0.1) is 12.7 Å². The highest BCUT2D eigenvalue weighted by atomic mass is 19.1. The van der Waals surface area contributed by atoms with Crippen LogP contribution in [0.5, 0.6) is 0 Å². The van der Waals surface area contributed by atoms with Crippen LogP contribution in [0.1, 0.15) is 27.8 Å². The Morgan fingerprint density at radius 3 is 2.56 bits per heavy atom. The first-order chi connectivity index (χ1) is 15.5. The quantitative estimate of drug-likeness (QED) is 0.501. The summed E-state index contributed by atoms with van der Waals surface area (Å²) in [6.45, 7) is 1.99. The Kier molecular flexibility index (Phi) is 4.89. The van der Waals surface area contributed by atoms with Crippen LogP contribution in [0.3, 0.4) is 0 Å². The van der Waals surface area contributed by atoms with Gasteiger partial charge in [0.15, 0.2) is 5.69 Å². The lowest BCUT2D eigenvalue weighted by molar-refractivity contribution is 0.0972. The van der Waals surface area contributed by atoms with Crippen molar-refractivity contribution in [1.29, 1.82) is 0 Å². The molecule has 0 saturated heterocycles. The number of carbonyl (C=O) groups excluding carboxylic acids is 1. The van der Waals surface area contributed by atoms with Gasteiger partial charge in [-0.3, -0.25) is 14.3 Å². The second-order valence-electron chi connectivity index (χ2n) is 7.75. The number of fused-ring (bicyclic) bond motifs is 1. The summed E-state index contributed by atoms with van der Waals surface area (Å²) in [7, 11) is 0. The van der Waals surface area contributed by atoms with Crippen LogP contribution in [-0.2, 0) is 6.42 Å². The van der Waals surface area contributed by atoms with Crippen molar-refractivity contribution >= 4 is 11.6 Å². The Hall–Kier alpha value is -4.07. The summed E-state index contributed by atoms with van der Waals surface area (Å²) >= 11 is 0. The van der Waals surface area contributed by atoms with E-state index >= 15 is 0 Å². The van der Waals surface area contributed by atoms with E-state index in [2.05, 4.69) is 10.2 Å². The maximum atomic E-state index is 14.4. The summed E-state index contributed by atoms with van der Waals surface area (Å²) in [6, 6.07) is 16.8. The normalized spacial score (nSPS) is 15.4. The number of rotatable bonds is 3. The summed E-state index contributed by atoms with van der Waals surface area (Å²) in [4.78, 5) is 28.0. The predicted molar refractivity (Wildman–Crippen MR) is 118 cm³/mol. The Morgan fingerprint density at radius 1 is 1.06 bits per heavy atom. The van der Waals surface area contributed by atoms with E-state index in [0.717, 1.165) is 11.3 Å². The number of anilines is 1. The van der Waals surface area contributed by atoms with E-state index in [0.29, 0.717) is 18.7 Å². The van der Waals surface area contributed by atoms with E-state index in [1.54, 1.807) is 36.2 Å². The van der Waals surface area contributed by atoms with Gasteiger partial charge in [0.25, 0.3) is 5.91 Å². The van der Waals surface area contributed by atoms with Crippen molar-refractivity contribution < 1.29 is 9.18 Å². The molecule has 0 radical (unpaired) electrons. The fourth-order valence-electron chi connectivity index (χ4n) is 4.13. The molecule has 2 aromatic carbocycles. The molecule has 0 bridgehead atoms. The first kappa shape index (κ1) is 19.9. The van der Waals surface area contributed by atoms with Crippen LogP contribution in [0.4, 0.5) is 10.1 Å². The summed E-state index contributed by atoms with van der Waals surface area (Å²) < 4.78 is 17.5. The highest BCUT2D eigenvalue weighted by molar-refractivity contribution is 6.05. The number of amides is 1. The molecule has 0 fully saturated rings. The molecule has 1 amide bonds. The second-order valence-corrected chi connectivity index (χ2v) is 7.75. The first-order valence-corrected chi connectivity index (χ1v) is 10.3. The molecule has 32 heavy (non-hydrogen) atoms. The summed E-state index contributed by atoms with van der Waals surface area (Å²) in [6.07, 6.45) is 4.26. The van der Waals surface area contributed by atoms with Gasteiger partial charge in [0.1, 0.15) is 11.5 Å². The Balaban J connectivity index is 1.60. The molecule has 0 spiro atoms. The maximum absolute atomic E-state index is 14.4. The average molecular weight is 429 g/mol. The summed E-state index contributed by atoms with van der Waals surface area (Å²) in [5.74, 6) is -1.02. The molecule has 1 unspecified atom stereocenters. The van der Waals surface area contributed by atoms with Crippen LogP contribution in [0.2, 0.25) is 0 Å². The van der Waals surface area contributed by atoms with Gasteiger partial charge < -0.3 is 4.90 Å². The Morgan fingerprint density at radius 2 is 1.81 bits per heavy atom. The third-order valence-corrected chi connectivity index (χ3v) is 5.67. The van der Waals surface area contributed by atoms with Crippen LogP contribution in [0.25, 0.3) is 5.69 Å². The van der Waals surface area contributed by atoms with E-state index < -0.39 is 17.2 Å². The molecule has 0 aliphatic carbocycles. The van der Waals surface area contributed by atoms with Crippen molar-refractivity contribution in [2.45, 2.75) is 19.4 Å². The van der Waals surface area contributed by atoms with Crippen LogP contribution in [-0.4, -0.2) is 32.0 Å². The minimum absolute atomic E-state index is 0.0805. The van der Waals surface area contributed by atoms with E-state index in [-0.39, 0.29) is 17.4 Å². The van der Waals surface area contributed by atoms with Crippen molar-refractivity contribution in [2.24, 2.45) is 0 Å². The van der Waals surface area contributed by atoms with Gasteiger partial charge in [-0.05, 0) is 43.2 Å². The molecule has 1 aliphatic rings. The average Bonchev–Trinajstić information content (AvgIpc) is 3.34. The monoisotopic (exact) mass is 429 g/mol. The number of benzene rings is 2. The zero-order valence-corrected chi connectivity index (χ0v) is 17.4. The van der Waals surface area contributed by atoms with E-state index in [9.17, 15) is 14.0 Å². The van der Waals surface area contributed by atoms with Gasteiger partial charge in [-0.2, -0.15) is 10.2 Å². The zero-order valence-electron chi connectivity index (χ0n) is 17.4. The standard InChI is InChI=1S/C24H20FN5O2/c1-16-13-22(31)23(27-30(16)21-10-5-3-8-19(21)25)24(32)28-15-18(29-12-6-11-26-29)14-17-7-2-4-9-20(17)28/h2-13,18H,14-15H2,1H3. The molecular formula is C24H20FN5O2. The second kappa shape index (κ2) is 7.88. The molecule has 4 aromatic rings. The molecule has 0 N–H and O–H groups in total. The summed E-state index contributed by atoms with van der Waals surface area (Å²) in [5.41, 5.74) is 1.57. The molecule has 7 nitrogen and oxygen atoms in total.